The zero-order valence-electron chi connectivity index (χ0n) is 14.6. The highest BCUT2D eigenvalue weighted by molar-refractivity contribution is 5.98. The molecule has 3 rings (SSSR count). The van der Waals surface area contributed by atoms with E-state index in [1.807, 2.05) is 67.9 Å². The van der Waals surface area contributed by atoms with E-state index < -0.39 is 6.04 Å². The molecule has 0 aliphatic carbocycles. The lowest BCUT2D eigenvalue weighted by molar-refractivity contribution is -0.698. The molecule has 0 fully saturated rings. The summed E-state index contributed by atoms with van der Waals surface area (Å²) in [4.78, 5) is 27.1. The number of aryl methyl sites for hydroxylation is 2. The molecule has 2 amide bonds. The smallest absolute Gasteiger partial charge is 0.289 e. The number of para-hydroxylation sites is 1. The minimum Gasteiger partial charge on any atom is -1.00 e. The number of hydrogen-bond donors (Lipinski definition) is 1. The molecule has 1 aliphatic rings. The fourth-order valence-electron chi connectivity index (χ4n) is 3.26. The molecule has 0 spiro atoms. The van der Waals surface area contributed by atoms with Crippen LogP contribution in [0.3, 0.4) is 0 Å². The molecule has 0 bridgehead atoms. The Bertz CT molecular complexity index is 787. The fraction of sp³-hybridized carbons (Fsp3) is 0.316. The van der Waals surface area contributed by atoms with Crippen LogP contribution in [0, 0.1) is 13.8 Å². The number of carbonyl (C=O) groups excluding carboxylic acids is 2. The summed E-state index contributed by atoms with van der Waals surface area (Å²) in [6.07, 6.45) is 1.85. The number of fused-ring (bicyclic) bond motifs is 1. The van der Waals surface area contributed by atoms with Crippen molar-refractivity contribution in [1.29, 1.82) is 0 Å². The number of anilines is 1. The maximum absolute atomic E-state index is 13.0. The average Bonchev–Trinajstić information content (AvgIpc) is 2.56. The van der Waals surface area contributed by atoms with E-state index >= 15 is 0 Å². The molecule has 5 nitrogen and oxygen atoms in total. The zero-order valence-corrected chi connectivity index (χ0v) is 16.8. The lowest BCUT2D eigenvalue weighted by Crippen LogP contribution is -3.00. The third-order valence-electron chi connectivity index (χ3n) is 4.51. The molecule has 2 heterocycles. The van der Waals surface area contributed by atoms with Crippen LogP contribution in [0.2, 0.25) is 0 Å². The number of benzene rings is 1. The van der Waals surface area contributed by atoms with Gasteiger partial charge < -0.3 is 34.2 Å². The number of hydrogen-bond acceptors (Lipinski definition) is 2. The van der Waals surface area contributed by atoms with Gasteiger partial charge in [0.25, 0.3) is 11.8 Å². The summed E-state index contributed by atoms with van der Waals surface area (Å²) in [5.41, 5.74) is 3.67. The summed E-state index contributed by atoms with van der Waals surface area (Å²) in [6.45, 7) is 6.61. The van der Waals surface area contributed by atoms with E-state index in [1.54, 1.807) is 4.90 Å². The second kappa shape index (κ2) is 7.95. The Morgan fingerprint density at radius 1 is 1.20 bits per heavy atom. The maximum atomic E-state index is 13.0. The van der Waals surface area contributed by atoms with E-state index in [0.29, 0.717) is 6.54 Å². The third kappa shape index (κ3) is 3.68. The van der Waals surface area contributed by atoms with Crippen molar-refractivity contribution in [3.8, 4) is 0 Å². The van der Waals surface area contributed by atoms with Gasteiger partial charge in [0.2, 0.25) is 12.2 Å². The Hall–Kier alpha value is -1.96. The molecule has 132 valence electrons. The minimum absolute atomic E-state index is 0. The number of nitrogens with one attached hydrogen (secondary N) is 1. The third-order valence-corrected chi connectivity index (χ3v) is 4.51. The Balaban J connectivity index is 0.00000225. The number of aromatic nitrogens is 1. The minimum atomic E-state index is -0.614. The molecule has 0 radical (unpaired) electrons. The predicted molar refractivity (Wildman–Crippen MR) is 91.3 cm³/mol. The van der Waals surface area contributed by atoms with Crippen molar-refractivity contribution < 1.29 is 38.1 Å². The van der Waals surface area contributed by atoms with Crippen LogP contribution in [0.4, 0.5) is 5.69 Å². The number of carbonyl (C=O) groups is 2. The SMILES string of the molecule is CCN1C(=O)C[n+]2ccccc2C1C(=O)Nc1c(C)cccc1C.[I-]. The van der Waals surface area contributed by atoms with Gasteiger partial charge in [0.1, 0.15) is 0 Å². The first-order valence-corrected chi connectivity index (χ1v) is 8.18. The molecule has 0 saturated heterocycles. The molecular weight excluding hydrogens is 429 g/mol. The van der Waals surface area contributed by atoms with Crippen LogP contribution in [0.1, 0.15) is 29.8 Å². The molecule has 6 heteroatoms. The van der Waals surface area contributed by atoms with Gasteiger partial charge in [-0.3, -0.25) is 9.59 Å². The van der Waals surface area contributed by atoms with Crippen LogP contribution < -0.4 is 33.9 Å². The van der Waals surface area contributed by atoms with Crippen molar-refractivity contribution in [3.05, 3.63) is 59.4 Å². The number of rotatable bonds is 3. The van der Waals surface area contributed by atoms with E-state index in [4.69, 9.17) is 0 Å². The van der Waals surface area contributed by atoms with E-state index in [9.17, 15) is 9.59 Å². The van der Waals surface area contributed by atoms with Crippen molar-refractivity contribution in [1.82, 2.24) is 4.90 Å². The van der Waals surface area contributed by atoms with Crippen LogP contribution in [0.15, 0.2) is 42.6 Å². The van der Waals surface area contributed by atoms with Crippen molar-refractivity contribution >= 4 is 17.5 Å². The molecule has 25 heavy (non-hydrogen) atoms. The van der Waals surface area contributed by atoms with Crippen molar-refractivity contribution in [2.75, 3.05) is 11.9 Å². The van der Waals surface area contributed by atoms with Crippen LogP contribution in [0.5, 0.6) is 0 Å². The summed E-state index contributed by atoms with van der Waals surface area (Å²) in [5, 5.41) is 3.03. The Morgan fingerprint density at radius 3 is 2.52 bits per heavy atom. The highest BCUT2D eigenvalue weighted by atomic mass is 127. The average molecular weight is 451 g/mol. The molecule has 1 aromatic carbocycles. The van der Waals surface area contributed by atoms with E-state index in [2.05, 4.69) is 5.32 Å². The molecule has 0 saturated carbocycles. The lowest BCUT2D eigenvalue weighted by atomic mass is 10.0. The summed E-state index contributed by atoms with van der Waals surface area (Å²) in [7, 11) is 0. The summed E-state index contributed by atoms with van der Waals surface area (Å²) in [5.74, 6) is -0.217. The van der Waals surface area contributed by atoms with Crippen LogP contribution >= 0.6 is 0 Å². The van der Waals surface area contributed by atoms with Gasteiger partial charge in [-0.15, -0.1) is 0 Å². The number of amides is 2. The summed E-state index contributed by atoms with van der Waals surface area (Å²) in [6, 6.07) is 11.0. The largest absolute Gasteiger partial charge is 1.00 e. The number of nitrogens with zero attached hydrogens (tertiary/aromatic N) is 2. The van der Waals surface area contributed by atoms with Gasteiger partial charge in [0.15, 0.2) is 12.2 Å². The molecule has 1 atom stereocenters. The predicted octanol–water partition coefficient (Wildman–Crippen LogP) is -0.863. The van der Waals surface area contributed by atoms with Gasteiger partial charge in [-0.05, 0) is 31.9 Å². The van der Waals surface area contributed by atoms with Crippen LogP contribution in [0.25, 0.3) is 0 Å². The van der Waals surface area contributed by atoms with Crippen LogP contribution in [-0.4, -0.2) is 23.3 Å². The Labute approximate surface area is 165 Å². The van der Waals surface area contributed by atoms with Gasteiger partial charge in [-0.2, -0.15) is 4.57 Å². The first-order chi connectivity index (χ1) is 11.5. The van der Waals surface area contributed by atoms with Gasteiger partial charge in [-0.25, -0.2) is 0 Å². The van der Waals surface area contributed by atoms with Crippen molar-refractivity contribution in [2.24, 2.45) is 0 Å². The second-order valence-electron chi connectivity index (χ2n) is 6.09. The monoisotopic (exact) mass is 451 g/mol. The van der Waals surface area contributed by atoms with E-state index in [0.717, 1.165) is 22.5 Å². The van der Waals surface area contributed by atoms with E-state index in [1.165, 1.54) is 0 Å². The van der Waals surface area contributed by atoms with Crippen molar-refractivity contribution in [3.63, 3.8) is 0 Å². The molecular formula is C19H22IN3O2. The summed E-state index contributed by atoms with van der Waals surface area (Å²) >= 11 is 0. The first kappa shape index (κ1) is 19.4. The lowest BCUT2D eigenvalue weighted by Gasteiger charge is -2.31. The van der Waals surface area contributed by atoms with E-state index in [-0.39, 0.29) is 42.3 Å². The highest BCUT2D eigenvalue weighted by Gasteiger charge is 2.42. The number of pyridine rings is 1. The fourth-order valence-corrected chi connectivity index (χ4v) is 3.26. The number of likely N-dealkylation sites (N-methyl/N-ethyl adjacent to an activating group) is 1. The summed E-state index contributed by atoms with van der Waals surface area (Å²) < 4.78 is 1.85. The Morgan fingerprint density at radius 2 is 1.88 bits per heavy atom. The molecule has 1 aromatic heterocycles. The van der Waals surface area contributed by atoms with Gasteiger partial charge in [-0.1, -0.05) is 24.3 Å². The van der Waals surface area contributed by atoms with Gasteiger partial charge in [0, 0.05) is 24.4 Å². The first-order valence-electron chi connectivity index (χ1n) is 8.18. The molecule has 1 N–H and O–H groups in total. The molecule has 1 aliphatic heterocycles. The maximum Gasteiger partial charge on any atom is 0.289 e. The quantitative estimate of drug-likeness (QED) is 0.488. The topological polar surface area (TPSA) is 53.3 Å². The highest BCUT2D eigenvalue weighted by Crippen LogP contribution is 2.26. The number of halogens is 1. The van der Waals surface area contributed by atoms with Crippen molar-refractivity contribution in [2.45, 2.75) is 33.4 Å². The second-order valence-corrected chi connectivity index (χ2v) is 6.09. The zero-order chi connectivity index (χ0) is 17.3. The molecule has 1 unspecified atom stereocenters. The van der Waals surface area contributed by atoms with Gasteiger partial charge in [0.05, 0.1) is 0 Å². The normalized spacial score (nSPS) is 16.0. The molecule has 2 aromatic rings. The standard InChI is InChI=1S/C19H21N3O2.HI/c1-4-22-16(23)12-21-11-6-5-10-15(21)18(22)19(24)20-17-13(2)8-7-9-14(17)3;/h5-11,18H,4,12H2,1-3H3;1H. The van der Waals surface area contributed by atoms with Gasteiger partial charge >= 0.3 is 0 Å². The van der Waals surface area contributed by atoms with Crippen LogP contribution in [-0.2, 0) is 16.1 Å². The Kier molecular flexibility index (Phi) is 6.16.